The summed E-state index contributed by atoms with van der Waals surface area (Å²) < 4.78 is 14.7. The number of rotatable bonds is 2. The Morgan fingerprint density at radius 1 is 1.44 bits per heavy atom. The van der Waals surface area contributed by atoms with Gasteiger partial charge in [0.25, 0.3) is 0 Å². The van der Waals surface area contributed by atoms with Gasteiger partial charge >= 0.3 is 0 Å². The number of hydrogen-bond donors (Lipinski definition) is 0. The molecule has 0 amide bonds. The molecule has 0 radical (unpaired) electrons. The Morgan fingerprint density at radius 2 is 2.11 bits per heavy atom. The van der Waals surface area contributed by atoms with Crippen molar-refractivity contribution in [2.75, 3.05) is 0 Å². The molecular weight excluding hydrogens is 382 g/mol. The van der Waals surface area contributed by atoms with E-state index in [0.717, 1.165) is 6.42 Å². The van der Waals surface area contributed by atoms with Gasteiger partial charge in [0.2, 0.25) is 0 Å². The second-order valence-corrected chi connectivity index (χ2v) is 7.92. The van der Waals surface area contributed by atoms with E-state index >= 15 is 0 Å². The predicted octanol–water partition coefficient (Wildman–Crippen LogP) is 6.50. The number of hydrogen-bond acceptors (Lipinski definition) is 0. The normalized spacial score (nSPS) is 24.2. The summed E-state index contributed by atoms with van der Waals surface area (Å²) in [6, 6.07) is 3.18. The minimum atomic E-state index is -0.198. The van der Waals surface area contributed by atoms with E-state index in [-0.39, 0.29) is 16.1 Å². The van der Waals surface area contributed by atoms with Crippen molar-refractivity contribution in [3.63, 3.8) is 0 Å². The van der Waals surface area contributed by atoms with Crippen molar-refractivity contribution >= 4 is 43.5 Å². The van der Waals surface area contributed by atoms with Gasteiger partial charge < -0.3 is 0 Å². The fourth-order valence-corrected chi connectivity index (χ4v) is 4.68. The highest BCUT2D eigenvalue weighted by atomic mass is 79.9. The van der Waals surface area contributed by atoms with Gasteiger partial charge in [-0.25, -0.2) is 4.39 Å². The molecule has 1 saturated carbocycles. The number of alkyl halides is 1. The van der Waals surface area contributed by atoms with Crippen molar-refractivity contribution < 1.29 is 4.39 Å². The molecule has 0 spiro atoms. The van der Waals surface area contributed by atoms with Gasteiger partial charge in [-0.15, -0.1) is 0 Å². The molecule has 0 aliphatic heterocycles. The maximum absolute atomic E-state index is 14.1. The van der Waals surface area contributed by atoms with E-state index < -0.39 is 0 Å². The molecule has 1 aromatic carbocycles. The van der Waals surface area contributed by atoms with Crippen LogP contribution in [0.25, 0.3) is 0 Å². The lowest BCUT2D eigenvalue weighted by atomic mass is 9.78. The van der Waals surface area contributed by atoms with Crippen LogP contribution in [0.3, 0.4) is 0 Å². The Bertz CT molecular complexity index is 459. The Kier molecular flexibility index (Phi) is 4.45. The molecule has 1 aliphatic rings. The third-order valence-corrected chi connectivity index (χ3v) is 6.36. The zero-order valence-electron chi connectivity index (χ0n) is 10.4. The summed E-state index contributed by atoms with van der Waals surface area (Å²) in [6.45, 7) is 4.52. The Hall–Kier alpha value is 0.400. The van der Waals surface area contributed by atoms with E-state index in [9.17, 15) is 4.39 Å². The second kappa shape index (κ2) is 5.41. The summed E-state index contributed by atoms with van der Waals surface area (Å²) in [7, 11) is 0. The van der Waals surface area contributed by atoms with Gasteiger partial charge in [-0.2, -0.15) is 0 Å². The summed E-state index contributed by atoms with van der Waals surface area (Å²) >= 11 is 13.0. The largest absolute Gasteiger partial charge is 0.207 e. The van der Waals surface area contributed by atoms with Gasteiger partial charge in [0, 0.05) is 14.9 Å². The molecule has 2 atom stereocenters. The fourth-order valence-electron chi connectivity index (χ4n) is 2.86. The van der Waals surface area contributed by atoms with Crippen molar-refractivity contribution in [3.05, 3.63) is 33.0 Å². The molecule has 0 aromatic heterocycles. The predicted molar refractivity (Wildman–Crippen MR) is 81.9 cm³/mol. The van der Waals surface area contributed by atoms with Gasteiger partial charge in [0.05, 0.1) is 5.02 Å². The standard InChI is InChI=1S/C14H16Br2ClF/c1-14(2)5-3-4-9(14)13(16)8-6-11(17)10(15)7-12(8)18/h6-7,9,13H,3-5H2,1-2H3. The van der Waals surface area contributed by atoms with Crippen LogP contribution >= 0.6 is 43.5 Å². The Morgan fingerprint density at radius 3 is 2.67 bits per heavy atom. The van der Waals surface area contributed by atoms with Crippen LogP contribution in [0.15, 0.2) is 16.6 Å². The summed E-state index contributed by atoms with van der Waals surface area (Å²) in [6.07, 6.45) is 3.55. The summed E-state index contributed by atoms with van der Waals surface area (Å²) in [4.78, 5) is 0.0283. The lowest BCUT2D eigenvalue weighted by molar-refractivity contribution is 0.255. The van der Waals surface area contributed by atoms with E-state index in [4.69, 9.17) is 11.6 Å². The van der Waals surface area contributed by atoms with Gasteiger partial charge in [-0.05, 0) is 52.2 Å². The SMILES string of the molecule is CC1(C)CCCC1C(Br)c1cc(Cl)c(Br)cc1F. The Labute approximate surface area is 130 Å². The molecule has 0 heterocycles. The molecule has 1 fully saturated rings. The zero-order chi connectivity index (χ0) is 13.5. The maximum Gasteiger partial charge on any atom is 0.128 e. The third-order valence-electron chi connectivity index (χ3n) is 4.03. The first-order valence-electron chi connectivity index (χ1n) is 6.11. The van der Waals surface area contributed by atoms with E-state index in [2.05, 4.69) is 45.7 Å². The molecule has 2 unspecified atom stereocenters. The van der Waals surface area contributed by atoms with E-state index in [1.807, 2.05) is 0 Å². The molecule has 100 valence electrons. The maximum atomic E-state index is 14.1. The molecule has 0 bridgehead atoms. The fraction of sp³-hybridized carbons (Fsp3) is 0.571. The van der Waals surface area contributed by atoms with Gasteiger partial charge in [0.15, 0.2) is 0 Å². The average molecular weight is 399 g/mol. The quantitative estimate of drug-likeness (QED) is 0.394. The van der Waals surface area contributed by atoms with E-state index in [0.29, 0.717) is 21.0 Å². The Balaban J connectivity index is 2.34. The summed E-state index contributed by atoms with van der Waals surface area (Å²) in [5, 5.41) is 0.562. The summed E-state index contributed by atoms with van der Waals surface area (Å²) in [5.74, 6) is 0.250. The first kappa shape index (κ1) is 14.8. The topological polar surface area (TPSA) is 0 Å². The van der Waals surface area contributed by atoms with Crippen LogP contribution in [0, 0.1) is 17.2 Å². The molecule has 2 rings (SSSR count). The first-order chi connectivity index (χ1) is 8.33. The van der Waals surface area contributed by atoms with Crippen LogP contribution in [0.5, 0.6) is 0 Å². The van der Waals surface area contributed by atoms with Gasteiger partial charge in [-0.3, -0.25) is 0 Å². The molecule has 1 aliphatic carbocycles. The number of halogens is 4. The van der Waals surface area contributed by atoms with Crippen molar-refractivity contribution in [2.45, 2.75) is 37.9 Å². The molecule has 1 aromatic rings. The summed E-state index contributed by atoms with van der Waals surface area (Å²) in [5.41, 5.74) is 0.920. The smallest absolute Gasteiger partial charge is 0.128 e. The zero-order valence-corrected chi connectivity index (χ0v) is 14.4. The van der Waals surface area contributed by atoms with Crippen molar-refractivity contribution in [1.29, 1.82) is 0 Å². The lowest BCUT2D eigenvalue weighted by Gasteiger charge is -2.31. The van der Waals surface area contributed by atoms with Crippen LogP contribution in [0.2, 0.25) is 5.02 Å². The highest BCUT2D eigenvalue weighted by molar-refractivity contribution is 9.10. The molecule has 0 nitrogen and oxygen atoms in total. The van der Waals surface area contributed by atoms with Gasteiger partial charge in [-0.1, -0.05) is 47.8 Å². The lowest BCUT2D eigenvalue weighted by Crippen LogP contribution is -2.21. The minimum absolute atomic E-state index is 0.0283. The average Bonchev–Trinajstić information content (AvgIpc) is 2.62. The third kappa shape index (κ3) is 2.78. The van der Waals surface area contributed by atoms with Crippen LogP contribution in [0.4, 0.5) is 4.39 Å². The van der Waals surface area contributed by atoms with Crippen LogP contribution < -0.4 is 0 Å². The van der Waals surface area contributed by atoms with Crippen LogP contribution in [-0.2, 0) is 0 Å². The van der Waals surface area contributed by atoms with Crippen molar-refractivity contribution in [2.24, 2.45) is 11.3 Å². The minimum Gasteiger partial charge on any atom is -0.207 e. The molecule has 0 N–H and O–H groups in total. The molecule has 18 heavy (non-hydrogen) atoms. The van der Waals surface area contributed by atoms with Crippen molar-refractivity contribution in [3.8, 4) is 0 Å². The van der Waals surface area contributed by atoms with E-state index in [1.165, 1.54) is 18.9 Å². The first-order valence-corrected chi connectivity index (χ1v) is 8.20. The number of benzene rings is 1. The van der Waals surface area contributed by atoms with E-state index in [1.54, 1.807) is 6.07 Å². The van der Waals surface area contributed by atoms with Gasteiger partial charge in [0.1, 0.15) is 5.82 Å². The second-order valence-electron chi connectivity index (χ2n) is 5.68. The molecular formula is C14H16Br2ClF. The highest BCUT2D eigenvalue weighted by Crippen LogP contribution is 2.52. The van der Waals surface area contributed by atoms with Crippen LogP contribution in [0.1, 0.15) is 43.5 Å². The molecule has 4 heteroatoms. The monoisotopic (exact) mass is 396 g/mol. The highest BCUT2D eigenvalue weighted by Gasteiger charge is 2.39. The van der Waals surface area contributed by atoms with Crippen molar-refractivity contribution in [1.82, 2.24) is 0 Å². The van der Waals surface area contributed by atoms with Crippen LogP contribution in [-0.4, -0.2) is 0 Å². The molecule has 0 saturated heterocycles.